The molecule has 5 nitrogen and oxygen atoms in total. The van der Waals surface area contributed by atoms with Crippen molar-refractivity contribution < 1.29 is 4.74 Å². The molecule has 4 heterocycles. The Morgan fingerprint density at radius 2 is 2.00 bits per heavy atom. The Hall–Kier alpha value is -2.54. The van der Waals surface area contributed by atoms with Crippen molar-refractivity contribution in [3.8, 4) is 17.1 Å². The molecular weight excluding hydrogens is 464 g/mol. The second-order valence-electron chi connectivity index (χ2n) is 8.94. The Bertz CT molecular complexity index is 1290. The SMILES string of the molecule is COc1ccc(CCCCCc2nc(-c3cccnc3)nc3sc4c(c23)CCN(C)C4)cc1Cl. The van der Waals surface area contributed by atoms with Crippen LogP contribution in [0, 0.1) is 0 Å². The molecule has 0 radical (unpaired) electrons. The molecular formula is C27H29ClN4OS. The molecule has 1 aromatic carbocycles. The van der Waals surface area contributed by atoms with Gasteiger partial charge >= 0.3 is 0 Å². The second kappa shape index (κ2) is 10.4. The molecule has 7 heteroatoms. The third kappa shape index (κ3) is 4.95. The van der Waals surface area contributed by atoms with Crippen LogP contribution in [-0.4, -0.2) is 40.6 Å². The van der Waals surface area contributed by atoms with Gasteiger partial charge in [-0.15, -0.1) is 11.3 Å². The predicted octanol–water partition coefficient (Wildman–Crippen LogP) is 6.36. The van der Waals surface area contributed by atoms with E-state index in [1.165, 1.54) is 27.1 Å². The van der Waals surface area contributed by atoms with Gasteiger partial charge in [0.15, 0.2) is 5.82 Å². The molecule has 0 N–H and O–H groups in total. The molecule has 1 aliphatic rings. The first kappa shape index (κ1) is 23.2. The first-order valence-electron chi connectivity index (χ1n) is 11.8. The van der Waals surface area contributed by atoms with Crippen molar-refractivity contribution >= 4 is 33.2 Å². The Kier molecular flexibility index (Phi) is 7.09. The van der Waals surface area contributed by atoms with Crippen LogP contribution in [0.3, 0.4) is 0 Å². The van der Waals surface area contributed by atoms with Crippen LogP contribution in [0.15, 0.2) is 42.7 Å². The summed E-state index contributed by atoms with van der Waals surface area (Å²) in [4.78, 5) is 19.3. The van der Waals surface area contributed by atoms with Crippen molar-refractivity contribution in [2.75, 3.05) is 20.7 Å². The zero-order chi connectivity index (χ0) is 23.5. The summed E-state index contributed by atoms with van der Waals surface area (Å²) >= 11 is 8.12. The molecule has 4 aromatic rings. The van der Waals surface area contributed by atoms with Gasteiger partial charge in [0.2, 0.25) is 0 Å². The number of fused-ring (bicyclic) bond motifs is 3. The van der Waals surface area contributed by atoms with E-state index < -0.39 is 0 Å². The zero-order valence-electron chi connectivity index (χ0n) is 19.7. The van der Waals surface area contributed by atoms with Gasteiger partial charge in [-0.3, -0.25) is 4.98 Å². The molecule has 0 bridgehead atoms. The van der Waals surface area contributed by atoms with Gasteiger partial charge in [-0.1, -0.05) is 24.1 Å². The molecule has 0 saturated heterocycles. The number of aromatic nitrogens is 3. The van der Waals surface area contributed by atoms with E-state index in [4.69, 9.17) is 26.3 Å². The average molecular weight is 493 g/mol. The molecule has 5 rings (SSSR count). The maximum absolute atomic E-state index is 6.28. The lowest BCUT2D eigenvalue weighted by Crippen LogP contribution is -2.25. The minimum absolute atomic E-state index is 0.680. The van der Waals surface area contributed by atoms with Gasteiger partial charge in [0.25, 0.3) is 0 Å². The number of halogens is 1. The summed E-state index contributed by atoms with van der Waals surface area (Å²) in [6.45, 7) is 2.09. The van der Waals surface area contributed by atoms with Crippen molar-refractivity contribution in [3.05, 3.63) is 69.4 Å². The first-order valence-corrected chi connectivity index (χ1v) is 13.0. The van der Waals surface area contributed by atoms with Gasteiger partial charge in [0.05, 0.1) is 17.8 Å². The van der Waals surface area contributed by atoms with Crippen LogP contribution >= 0.6 is 22.9 Å². The van der Waals surface area contributed by atoms with Crippen LogP contribution in [0.5, 0.6) is 5.75 Å². The molecule has 3 aromatic heterocycles. The minimum Gasteiger partial charge on any atom is -0.495 e. The lowest BCUT2D eigenvalue weighted by molar-refractivity contribution is 0.318. The lowest BCUT2D eigenvalue weighted by Gasteiger charge is -2.22. The number of benzene rings is 1. The summed E-state index contributed by atoms with van der Waals surface area (Å²) in [6.07, 6.45) is 10.1. The fourth-order valence-corrected chi connectivity index (χ4v) is 6.27. The van der Waals surface area contributed by atoms with Crippen LogP contribution in [0.2, 0.25) is 5.02 Å². The van der Waals surface area contributed by atoms with Crippen molar-refractivity contribution in [1.82, 2.24) is 19.9 Å². The fraction of sp³-hybridized carbons (Fsp3) is 0.370. The van der Waals surface area contributed by atoms with Gasteiger partial charge < -0.3 is 9.64 Å². The van der Waals surface area contributed by atoms with E-state index in [9.17, 15) is 0 Å². The van der Waals surface area contributed by atoms with Crippen molar-refractivity contribution in [1.29, 1.82) is 0 Å². The number of aryl methyl sites for hydroxylation is 2. The number of hydrogen-bond acceptors (Lipinski definition) is 6. The van der Waals surface area contributed by atoms with Crippen LogP contribution in [-0.2, 0) is 25.8 Å². The quantitative estimate of drug-likeness (QED) is 0.268. The lowest BCUT2D eigenvalue weighted by atomic mass is 10.0. The number of ether oxygens (including phenoxy) is 1. The third-order valence-electron chi connectivity index (χ3n) is 6.48. The van der Waals surface area contributed by atoms with Gasteiger partial charge in [-0.25, -0.2) is 9.97 Å². The highest BCUT2D eigenvalue weighted by atomic mass is 35.5. The van der Waals surface area contributed by atoms with E-state index in [2.05, 4.69) is 23.0 Å². The summed E-state index contributed by atoms with van der Waals surface area (Å²) in [7, 11) is 3.84. The normalized spacial score (nSPS) is 13.9. The molecule has 176 valence electrons. The van der Waals surface area contributed by atoms with Crippen molar-refractivity contribution in [3.63, 3.8) is 0 Å². The molecule has 0 unspecified atom stereocenters. The molecule has 0 amide bonds. The van der Waals surface area contributed by atoms with Gasteiger partial charge in [-0.05, 0) is 74.5 Å². The summed E-state index contributed by atoms with van der Waals surface area (Å²) in [5, 5.41) is 1.99. The largest absolute Gasteiger partial charge is 0.495 e. The second-order valence-corrected chi connectivity index (χ2v) is 10.4. The molecule has 0 aliphatic carbocycles. The molecule has 0 atom stereocenters. The zero-order valence-corrected chi connectivity index (χ0v) is 21.3. The van der Waals surface area contributed by atoms with Crippen molar-refractivity contribution in [2.24, 2.45) is 0 Å². The number of hydrogen-bond donors (Lipinski definition) is 0. The monoisotopic (exact) mass is 492 g/mol. The molecule has 0 saturated carbocycles. The third-order valence-corrected chi connectivity index (χ3v) is 7.89. The van der Waals surface area contributed by atoms with Crippen LogP contribution in [0.4, 0.5) is 0 Å². The highest BCUT2D eigenvalue weighted by Gasteiger charge is 2.23. The van der Waals surface area contributed by atoms with Gasteiger partial charge in [0, 0.05) is 41.3 Å². The van der Waals surface area contributed by atoms with Crippen LogP contribution < -0.4 is 4.74 Å². The Morgan fingerprint density at radius 1 is 1.12 bits per heavy atom. The number of likely N-dealkylation sites (N-methyl/N-ethyl adjacent to an activating group) is 1. The maximum atomic E-state index is 6.28. The highest BCUT2D eigenvalue weighted by Crippen LogP contribution is 2.37. The standard InChI is InChI=1S/C27H29ClN4OS/c1-32-14-12-20-24(17-32)34-27-25(20)22(30-26(31-27)19-8-6-13-29-16-19)9-5-3-4-7-18-10-11-23(33-2)21(28)15-18/h6,8,10-11,13,15-16H,3-5,7,9,12,14,17H2,1-2H3. The maximum Gasteiger partial charge on any atom is 0.162 e. The Balaban J connectivity index is 1.33. The number of unbranched alkanes of at least 4 members (excludes halogenated alkanes) is 2. The number of rotatable bonds is 8. The summed E-state index contributed by atoms with van der Waals surface area (Å²) < 4.78 is 5.26. The first-order chi connectivity index (χ1) is 16.6. The topological polar surface area (TPSA) is 51.1 Å². The van der Waals surface area contributed by atoms with Crippen molar-refractivity contribution in [2.45, 2.75) is 45.1 Å². The minimum atomic E-state index is 0.680. The number of pyridine rings is 1. The summed E-state index contributed by atoms with van der Waals surface area (Å²) in [6, 6.07) is 10.1. The fourth-order valence-electron chi connectivity index (χ4n) is 4.67. The van der Waals surface area contributed by atoms with Crippen LogP contribution in [0.1, 0.15) is 41.0 Å². The van der Waals surface area contributed by atoms with Gasteiger partial charge in [0.1, 0.15) is 10.6 Å². The molecule has 0 fully saturated rings. The van der Waals surface area contributed by atoms with E-state index in [0.717, 1.165) is 73.6 Å². The van der Waals surface area contributed by atoms with E-state index in [0.29, 0.717) is 5.02 Å². The van der Waals surface area contributed by atoms with Gasteiger partial charge in [-0.2, -0.15) is 0 Å². The predicted molar refractivity (Wildman–Crippen MR) is 140 cm³/mol. The Morgan fingerprint density at radius 3 is 2.79 bits per heavy atom. The smallest absolute Gasteiger partial charge is 0.162 e. The van der Waals surface area contributed by atoms with Crippen LogP contribution in [0.25, 0.3) is 21.6 Å². The summed E-state index contributed by atoms with van der Waals surface area (Å²) in [5.41, 5.74) is 4.90. The molecule has 34 heavy (non-hydrogen) atoms. The van der Waals surface area contributed by atoms with E-state index in [1.807, 2.05) is 41.8 Å². The van der Waals surface area contributed by atoms with E-state index in [-0.39, 0.29) is 0 Å². The van der Waals surface area contributed by atoms with E-state index >= 15 is 0 Å². The number of nitrogens with zero attached hydrogens (tertiary/aromatic N) is 4. The highest BCUT2D eigenvalue weighted by molar-refractivity contribution is 7.18. The summed E-state index contributed by atoms with van der Waals surface area (Å²) in [5.74, 6) is 1.52. The van der Waals surface area contributed by atoms with E-state index in [1.54, 1.807) is 13.3 Å². The number of methoxy groups -OCH3 is 1. The average Bonchev–Trinajstić information content (AvgIpc) is 3.22. The number of thiophene rings is 1. The molecule has 1 aliphatic heterocycles. The Labute approximate surface area is 209 Å². The molecule has 0 spiro atoms.